The standard InChI is InChI=1S/2C14H17NO3/c2*1-3-17-13-10-9-11-7-5-6-8-12(11)15(13)14(16)18-4-2/h2*5-10,13H,3-4H2,1-2H3. The minimum absolute atomic E-state index is 0.347. The van der Waals surface area contributed by atoms with E-state index >= 15 is 0 Å². The van der Waals surface area contributed by atoms with Crippen LogP contribution in [-0.4, -0.2) is 51.1 Å². The summed E-state index contributed by atoms with van der Waals surface area (Å²) in [6.45, 7) is 9.15. The Morgan fingerprint density at radius 1 is 0.639 bits per heavy atom. The third-order valence-corrected chi connectivity index (χ3v) is 5.39. The summed E-state index contributed by atoms with van der Waals surface area (Å²) in [5.41, 5.74) is 3.61. The third kappa shape index (κ3) is 6.33. The first-order valence-electron chi connectivity index (χ1n) is 12.2. The summed E-state index contributed by atoms with van der Waals surface area (Å²) in [6, 6.07) is 15.4. The number of benzene rings is 2. The molecule has 2 aromatic rings. The number of nitrogens with zero attached hydrogens (tertiary/aromatic N) is 2. The lowest BCUT2D eigenvalue weighted by molar-refractivity contribution is 0.0824. The Balaban J connectivity index is 0.000000201. The third-order valence-electron chi connectivity index (χ3n) is 5.39. The average molecular weight is 495 g/mol. The summed E-state index contributed by atoms with van der Waals surface area (Å²) < 4.78 is 21.3. The van der Waals surface area contributed by atoms with Gasteiger partial charge in [-0.25, -0.2) is 19.4 Å². The van der Waals surface area contributed by atoms with Crippen molar-refractivity contribution in [2.75, 3.05) is 36.2 Å². The number of carbonyl (C=O) groups is 2. The van der Waals surface area contributed by atoms with E-state index in [1.165, 1.54) is 0 Å². The van der Waals surface area contributed by atoms with Crippen molar-refractivity contribution in [3.8, 4) is 0 Å². The zero-order chi connectivity index (χ0) is 25.9. The van der Waals surface area contributed by atoms with Gasteiger partial charge < -0.3 is 18.9 Å². The Hall–Kier alpha value is -3.62. The molecular weight excluding hydrogens is 460 g/mol. The minimum atomic E-state index is -0.399. The number of hydrogen-bond donors (Lipinski definition) is 0. The number of ether oxygens (including phenoxy) is 4. The first-order chi connectivity index (χ1) is 17.5. The summed E-state index contributed by atoms with van der Waals surface area (Å²) >= 11 is 0. The normalized spacial score (nSPS) is 17.4. The van der Waals surface area contributed by atoms with E-state index in [1.54, 1.807) is 23.6 Å². The molecular formula is C28H34N2O6. The Morgan fingerprint density at radius 2 is 1.03 bits per heavy atom. The molecule has 36 heavy (non-hydrogen) atoms. The fourth-order valence-electron chi connectivity index (χ4n) is 3.91. The van der Waals surface area contributed by atoms with Crippen molar-refractivity contribution in [1.82, 2.24) is 0 Å². The molecule has 2 atom stereocenters. The van der Waals surface area contributed by atoms with Crippen LogP contribution < -0.4 is 9.80 Å². The number of amides is 2. The lowest BCUT2D eigenvalue weighted by atomic mass is 10.1. The predicted octanol–water partition coefficient (Wildman–Crippen LogP) is 6.08. The first-order valence-corrected chi connectivity index (χ1v) is 12.2. The SMILES string of the molecule is CCOC(=O)N1c2ccccc2C=CC1OCC.CCOC(=O)N1c2ccccc2C=CC1OCC. The summed E-state index contributed by atoms with van der Waals surface area (Å²) in [4.78, 5) is 27.2. The highest BCUT2D eigenvalue weighted by atomic mass is 16.6. The molecule has 0 aliphatic carbocycles. The molecule has 8 nitrogen and oxygen atoms in total. The lowest BCUT2D eigenvalue weighted by Gasteiger charge is -2.32. The van der Waals surface area contributed by atoms with Crippen LogP contribution in [0.4, 0.5) is 21.0 Å². The van der Waals surface area contributed by atoms with Gasteiger partial charge in [0.2, 0.25) is 0 Å². The number of fused-ring (bicyclic) bond motifs is 2. The zero-order valence-electron chi connectivity index (χ0n) is 21.3. The molecule has 0 saturated heterocycles. The quantitative estimate of drug-likeness (QED) is 0.485. The van der Waals surface area contributed by atoms with Gasteiger partial charge in [-0.2, -0.15) is 0 Å². The van der Waals surface area contributed by atoms with E-state index < -0.39 is 12.5 Å². The number of carbonyl (C=O) groups excluding carboxylic acids is 2. The minimum Gasteiger partial charge on any atom is -0.449 e. The van der Waals surface area contributed by atoms with Crippen LogP contribution in [0.2, 0.25) is 0 Å². The Morgan fingerprint density at radius 3 is 1.39 bits per heavy atom. The van der Waals surface area contributed by atoms with Gasteiger partial charge in [0.15, 0.2) is 12.5 Å². The van der Waals surface area contributed by atoms with Gasteiger partial charge in [0.25, 0.3) is 0 Å². The van der Waals surface area contributed by atoms with Crippen LogP contribution in [0.25, 0.3) is 12.2 Å². The van der Waals surface area contributed by atoms with Crippen LogP contribution in [0.1, 0.15) is 38.8 Å². The summed E-state index contributed by atoms with van der Waals surface area (Å²) in [5, 5.41) is 0. The second kappa shape index (κ2) is 13.5. The number of anilines is 2. The number of rotatable bonds is 6. The van der Waals surface area contributed by atoms with E-state index in [1.807, 2.05) is 86.7 Å². The first kappa shape index (κ1) is 27.0. The molecule has 8 heteroatoms. The van der Waals surface area contributed by atoms with E-state index in [0.717, 1.165) is 22.5 Å². The van der Waals surface area contributed by atoms with Gasteiger partial charge in [-0.3, -0.25) is 0 Å². The highest BCUT2D eigenvalue weighted by molar-refractivity contribution is 5.94. The Kier molecular flexibility index (Phi) is 10.1. The van der Waals surface area contributed by atoms with Crippen molar-refractivity contribution >= 4 is 35.7 Å². The Labute approximate surface area is 212 Å². The van der Waals surface area contributed by atoms with Crippen molar-refractivity contribution in [3.63, 3.8) is 0 Å². The molecule has 0 radical (unpaired) electrons. The van der Waals surface area contributed by atoms with Crippen LogP contribution in [0.5, 0.6) is 0 Å². The zero-order valence-corrected chi connectivity index (χ0v) is 21.3. The van der Waals surface area contributed by atoms with Gasteiger partial charge in [0.1, 0.15) is 0 Å². The highest BCUT2D eigenvalue weighted by Crippen LogP contribution is 2.31. The summed E-state index contributed by atoms with van der Waals surface area (Å²) in [5.74, 6) is 0. The summed E-state index contributed by atoms with van der Waals surface area (Å²) in [6.07, 6.45) is 6.09. The van der Waals surface area contributed by atoms with Crippen LogP contribution in [-0.2, 0) is 18.9 Å². The van der Waals surface area contributed by atoms with E-state index in [4.69, 9.17) is 18.9 Å². The number of hydrogen-bond acceptors (Lipinski definition) is 6. The van der Waals surface area contributed by atoms with Gasteiger partial charge >= 0.3 is 12.2 Å². The van der Waals surface area contributed by atoms with Crippen LogP contribution in [0.15, 0.2) is 60.7 Å². The molecule has 192 valence electrons. The fraction of sp³-hybridized carbons (Fsp3) is 0.357. The second-order valence-electron chi connectivity index (χ2n) is 7.67. The van der Waals surface area contributed by atoms with E-state index in [9.17, 15) is 9.59 Å². The molecule has 2 aromatic carbocycles. The van der Waals surface area contributed by atoms with E-state index in [-0.39, 0.29) is 12.2 Å². The van der Waals surface area contributed by atoms with Crippen molar-refractivity contribution in [2.24, 2.45) is 0 Å². The van der Waals surface area contributed by atoms with E-state index in [0.29, 0.717) is 26.4 Å². The smallest absolute Gasteiger partial charge is 0.416 e. The molecule has 2 aliphatic rings. The van der Waals surface area contributed by atoms with Gasteiger partial charge in [0.05, 0.1) is 24.6 Å². The molecule has 2 amide bonds. The topological polar surface area (TPSA) is 77.5 Å². The van der Waals surface area contributed by atoms with Gasteiger partial charge in [-0.1, -0.05) is 48.6 Å². The number of para-hydroxylation sites is 2. The molecule has 0 fully saturated rings. The molecule has 0 N–H and O–H groups in total. The van der Waals surface area contributed by atoms with Crippen LogP contribution in [0, 0.1) is 0 Å². The molecule has 2 aliphatic heterocycles. The summed E-state index contributed by atoms with van der Waals surface area (Å²) in [7, 11) is 0. The van der Waals surface area contributed by atoms with Crippen molar-refractivity contribution in [1.29, 1.82) is 0 Å². The molecule has 0 saturated carbocycles. The Bertz CT molecular complexity index is 998. The predicted molar refractivity (Wildman–Crippen MR) is 141 cm³/mol. The highest BCUT2D eigenvalue weighted by Gasteiger charge is 2.30. The maximum Gasteiger partial charge on any atom is 0.416 e. The van der Waals surface area contributed by atoms with Crippen LogP contribution in [0.3, 0.4) is 0 Å². The molecule has 2 heterocycles. The monoisotopic (exact) mass is 494 g/mol. The van der Waals surface area contributed by atoms with Gasteiger partial charge in [0, 0.05) is 13.2 Å². The van der Waals surface area contributed by atoms with Crippen molar-refractivity contribution in [2.45, 2.75) is 40.2 Å². The molecule has 4 rings (SSSR count). The maximum atomic E-state index is 12.0. The largest absolute Gasteiger partial charge is 0.449 e. The molecule has 0 bridgehead atoms. The van der Waals surface area contributed by atoms with Gasteiger partial charge in [-0.05, 0) is 63.1 Å². The average Bonchev–Trinajstić information content (AvgIpc) is 2.89. The fourth-order valence-corrected chi connectivity index (χ4v) is 3.91. The molecule has 2 unspecified atom stereocenters. The maximum absolute atomic E-state index is 12.0. The molecule has 0 aromatic heterocycles. The van der Waals surface area contributed by atoms with Crippen LogP contribution >= 0.6 is 0 Å². The second-order valence-corrected chi connectivity index (χ2v) is 7.67. The lowest BCUT2D eigenvalue weighted by Crippen LogP contribution is -2.43. The van der Waals surface area contributed by atoms with E-state index in [2.05, 4.69) is 0 Å². The van der Waals surface area contributed by atoms with Crippen molar-refractivity contribution < 1.29 is 28.5 Å². The van der Waals surface area contributed by atoms with Crippen molar-refractivity contribution in [3.05, 3.63) is 71.8 Å². The molecule has 0 spiro atoms. The van der Waals surface area contributed by atoms with Gasteiger partial charge in [-0.15, -0.1) is 0 Å².